The number of hydrogen-bond donors (Lipinski definition) is 3. The summed E-state index contributed by atoms with van der Waals surface area (Å²) in [6, 6.07) is 2.08. The van der Waals surface area contributed by atoms with Crippen LogP contribution in [0.1, 0.15) is 13.8 Å². The van der Waals surface area contributed by atoms with Crippen LogP contribution in [0.4, 0.5) is 11.4 Å². The molecule has 0 saturated carbocycles. The number of nitrogens with one attached hydrogen (secondary N) is 1. The Morgan fingerprint density at radius 1 is 1.33 bits per heavy atom. The molecule has 3 N–H and O–H groups in total. The van der Waals surface area contributed by atoms with Gasteiger partial charge in [-0.05, 0) is 13.8 Å². The largest absolute Gasteiger partial charge is 0.506 e. The molecule has 0 heterocycles. The lowest BCUT2D eigenvalue weighted by Crippen LogP contribution is -2.09. The van der Waals surface area contributed by atoms with Crippen molar-refractivity contribution in [2.45, 2.75) is 19.9 Å². The van der Waals surface area contributed by atoms with Gasteiger partial charge in [-0.3, -0.25) is 10.1 Å². The van der Waals surface area contributed by atoms with E-state index in [1.807, 2.05) is 13.8 Å². The number of aromatic hydroxyl groups is 2. The van der Waals surface area contributed by atoms with Gasteiger partial charge >= 0.3 is 5.69 Å². The standard InChI is InChI=1S/C9H12N2O4/c1-5(2)10-6-3-7(11(14)15)9(13)4-8(6)12/h3-5,10,12-13H,1-2H3. The Morgan fingerprint density at radius 2 is 1.93 bits per heavy atom. The summed E-state index contributed by atoms with van der Waals surface area (Å²) in [5, 5.41) is 31.9. The van der Waals surface area contributed by atoms with Crippen molar-refractivity contribution in [2.24, 2.45) is 0 Å². The number of nitro benzene ring substituents is 1. The summed E-state index contributed by atoms with van der Waals surface area (Å²) in [5.41, 5.74) is -0.203. The van der Waals surface area contributed by atoms with Crippen LogP contribution in [0.15, 0.2) is 12.1 Å². The lowest BCUT2D eigenvalue weighted by Gasteiger charge is -2.11. The first kappa shape index (κ1) is 11.1. The van der Waals surface area contributed by atoms with Gasteiger partial charge in [-0.15, -0.1) is 0 Å². The smallest absolute Gasteiger partial charge is 0.313 e. The molecule has 1 aromatic rings. The second-order valence-corrected chi connectivity index (χ2v) is 3.41. The van der Waals surface area contributed by atoms with E-state index in [0.717, 1.165) is 12.1 Å². The minimum Gasteiger partial charge on any atom is -0.506 e. The van der Waals surface area contributed by atoms with Crippen LogP contribution in [-0.4, -0.2) is 21.2 Å². The Bertz CT molecular complexity index is 390. The molecule has 0 aliphatic heterocycles. The third kappa shape index (κ3) is 2.49. The van der Waals surface area contributed by atoms with E-state index in [2.05, 4.69) is 5.32 Å². The van der Waals surface area contributed by atoms with Crippen molar-refractivity contribution in [2.75, 3.05) is 5.32 Å². The average Bonchev–Trinajstić information content (AvgIpc) is 2.08. The van der Waals surface area contributed by atoms with Crippen LogP contribution in [0.5, 0.6) is 11.5 Å². The molecule has 0 radical (unpaired) electrons. The lowest BCUT2D eigenvalue weighted by molar-refractivity contribution is -0.385. The quantitative estimate of drug-likeness (QED) is 0.307. The number of phenolic OH excluding ortho intramolecular Hbond substituents is 2. The molecule has 0 atom stereocenters. The predicted molar refractivity (Wildman–Crippen MR) is 55.2 cm³/mol. The summed E-state index contributed by atoms with van der Waals surface area (Å²) in [5.74, 6) is -0.765. The third-order valence-corrected chi connectivity index (χ3v) is 1.73. The van der Waals surface area contributed by atoms with E-state index in [1.165, 1.54) is 0 Å². The van der Waals surface area contributed by atoms with Crippen LogP contribution < -0.4 is 5.32 Å². The highest BCUT2D eigenvalue weighted by Crippen LogP contribution is 2.36. The van der Waals surface area contributed by atoms with Crippen molar-refractivity contribution in [3.8, 4) is 11.5 Å². The summed E-state index contributed by atoms with van der Waals surface area (Å²) in [6.07, 6.45) is 0. The van der Waals surface area contributed by atoms with E-state index in [0.29, 0.717) is 0 Å². The molecule has 0 saturated heterocycles. The van der Waals surface area contributed by atoms with Gasteiger partial charge in [-0.1, -0.05) is 0 Å². The molecule has 0 bridgehead atoms. The number of anilines is 1. The molecule has 82 valence electrons. The van der Waals surface area contributed by atoms with Crippen molar-refractivity contribution in [1.29, 1.82) is 0 Å². The van der Waals surface area contributed by atoms with Crippen molar-refractivity contribution in [3.05, 3.63) is 22.2 Å². The maximum Gasteiger partial charge on any atom is 0.313 e. The Kier molecular flexibility index (Phi) is 2.99. The molecule has 0 spiro atoms. The summed E-state index contributed by atoms with van der Waals surface area (Å²) in [7, 11) is 0. The fourth-order valence-electron chi connectivity index (χ4n) is 1.14. The van der Waals surface area contributed by atoms with Crippen molar-refractivity contribution < 1.29 is 15.1 Å². The highest BCUT2D eigenvalue weighted by molar-refractivity contribution is 5.66. The predicted octanol–water partition coefficient (Wildman–Crippen LogP) is 1.83. The molecule has 0 aromatic heterocycles. The zero-order valence-electron chi connectivity index (χ0n) is 8.39. The number of phenols is 2. The van der Waals surface area contributed by atoms with Crippen LogP contribution in [-0.2, 0) is 0 Å². The average molecular weight is 212 g/mol. The van der Waals surface area contributed by atoms with Crippen LogP contribution in [0.25, 0.3) is 0 Å². The SMILES string of the molecule is CC(C)Nc1cc([N+](=O)[O-])c(O)cc1O. The molecule has 0 unspecified atom stereocenters. The lowest BCUT2D eigenvalue weighted by atomic mass is 10.2. The highest BCUT2D eigenvalue weighted by atomic mass is 16.6. The van der Waals surface area contributed by atoms with Crippen LogP contribution in [0, 0.1) is 10.1 Å². The Hall–Kier alpha value is -1.98. The second kappa shape index (κ2) is 4.04. The normalized spacial score (nSPS) is 10.3. The Balaban J connectivity index is 3.17. The second-order valence-electron chi connectivity index (χ2n) is 3.41. The molecule has 6 nitrogen and oxygen atoms in total. The van der Waals surface area contributed by atoms with Crippen molar-refractivity contribution >= 4 is 11.4 Å². The van der Waals surface area contributed by atoms with Crippen LogP contribution in [0.3, 0.4) is 0 Å². The third-order valence-electron chi connectivity index (χ3n) is 1.73. The van der Waals surface area contributed by atoms with E-state index in [-0.39, 0.29) is 17.5 Å². The first-order valence-electron chi connectivity index (χ1n) is 4.38. The molecule has 0 aliphatic carbocycles. The van der Waals surface area contributed by atoms with Gasteiger partial charge in [0, 0.05) is 18.2 Å². The van der Waals surface area contributed by atoms with Gasteiger partial charge in [0.1, 0.15) is 5.75 Å². The summed E-state index contributed by atoms with van der Waals surface area (Å²) in [4.78, 5) is 9.80. The minimum atomic E-state index is -0.708. The monoisotopic (exact) mass is 212 g/mol. The van der Waals surface area contributed by atoms with Gasteiger partial charge < -0.3 is 15.5 Å². The van der Waals surface area contributed by atoms with Crippen molar-refractivity contribution in [1.82, 2.24) is 0 Å². The summed E-state index contributed by atoms with van der Waals surface area (Å²) >= 11 is 0. The fraction of sp³-hybridized carbons (Fsp3) is 0.333. The van der Waals surface area contributed by atoms with Crippen LogP contribution >= 0.6 is 0 Å². The van der Waals surface area contributed by atoms with Crippen LogP contribution in [0.2, 0.25) is 0 Å². The molecule has 15 heavy (non-hydrogen) atoms. The minimum absolute atomic E-state index is 0.0278. The van der Waals surface area contributed by atoms with E-state index in [9.17, 15) is 20.3 Å². The number of hydrogen-bond acceptors (Lipinski definition) is 5. The van der Waals surface area contributed by atoms with Gasteiger partial charge in [0.05, 0.1) is 10.6 Å². The molecule has 0 aliphatic rings. The van der Waals surface area contributed by atoms with Gasteiger partial charge in [0.25, 0.3) is 0 Å². The molecule has 1 rings (SSSR count). The van der Waals surface area contributed by atoms with Gasteiger partial charge in [-0.2, -0.15) is 0 Å². The maximum atomic E-state index is 10.5. The topological polar surface area (TPSA) is 95.6 Å². The fourth-order valence-corrected chi connectivity index (χ4v) is 1.14. The number of nitro groups is 1. The van der Waals surface area contributed by atoms with E-state index in [1.54, 1.807) is 0 Å². The summed E-state index contributed by atoms with van der Waals surface area (Å²) in [6.45, 7) is 3.66. The zero-order chi connectivity index (χ0) is 11.6. The molecular formula is C9H12N2O4. The van der Waals surface area contributed by atoms with E-state index in [4.69, 9.17) is 0 Å². The van der Waals surface area contributed by atoms with Gasteiger partial charge in [0.15, 0.2) is 5.75 Å². The van der Waals surface area contributed by atoms with Gasteiger partial charge in [0.2, 0.25) is 0 Å². The molecule has 6 heteroatoms. The van der Waals surface area contributed by atoms with Gasteiger partial charge in [-0.25, -0.2) is 0 Å². The number of benzene rings is 1. The number of rotatable bonds is 3. The molecule has 0 amide bonds. The van der Waals surface area contributed by atoms with E-state index >= 15 is 0 Å². The molecule has 1 aromatic carbocycles. The summed E-state index contributed by atoms with van der Waals surface area (Å²) < 4.78 is 0. The zero-order valence-corrected chi connectivity index (χ0v) is 8.39. The first-order valence-corrected chi connectivity index (χ1v) is 4.38. The molecular weight excluding hydrogens is 200 g/mol. The Morgan fingerprint density at radius 3 is 2.40 bits per heavy atom. The first-order chi connectivity index (χ1) is 6.91. The maximum absolute atomic E-state index is 10.5. The number of nitrogens with zero attached hydrogens (tertiary/aromatic N) is 1. The van der Waals surface area contributed by atoms with Crippen molar-refractivity contribution in [3.63, 3.8) is 0 Å². The molecule has 0 fully saturated rings. The van der Waals surface area contributed by atoms with E-state index < -0.39 is 16.4 Å². The highest BCUT2D eigenvalue weighted by Gasteiger charge is 2.17. The Labute approximate surface area is 86.3 Å².